The van der Waals surface area contributed by atoms with Gasteiger partial charge in [0.2, 0.25) is 5.91 Å². The Morgan fingerprint density at radius 2 is 2.05 bits per heavy atom. The van der Waals surface area contributed by atoms with Gasteiger partial charge in [-0.05, 0) is 43.7 Å². The van der Waals surface area contributed by atoms with Gasteiger partial charge in [-0.25, -0.2) is 0 Å². The van der Waals surface area contributed by atoms with Crippen LogP contribution in [0, 0.1) is 0 Å². The van der Waals surface area contributed by atoms with E-state index in [-0.39, 0.29) is 17.7 Å². The average Bonchev–Trinajstić information content (AvgIpc) is 2.91. The fourth-order valence-electron chi connectivity index (χ4n) is 1.94. The van der Waals surface area contributed by atoms with Crippen molar-refractivity contribution in [3.63, 3.8) is 0 Å². The number of amides is 1. The highest BCUT2D eigenvalue weighted by Gasteiger charge is 2.28. The van der Waals surface area contributed by atoms with Crippen LogP contribution in [0.5, 0.6) is 5.75 Å². The summed E-state index contributed by atoms with van der Waals surface area (Å²) in [5.74, 6) is -0.0224. The van der Waals surface area contributed by atoms with Crippen LogP contribution in [0.2, 0.25) is 0 Å². The third-order valence-electron chi connectivity index (χ3n) is 2.90. The number of alkyl halides is 3. The van der Waals surface area contributed by atoms with E-state index in [9.17, 15) is 18.0 Å². The molecular weight excluding hydrogens is 273 g/mol. The van der Waals surface area contributed by atoms with Crippen LogP contribution in [0.25, 0.3) is 0 Å². The van der Waals surface area contributed by atoms with E-state index in [2.05, 4.69) is 15.4 Å². The number of halogens is 3. The third-order valence-corrected chi connectivity index (χ3v) is 2.90. The molecule has 1 aliphatic heterocycles. The first-order valence-electron chi connectivity index (χ1n) is 6.28. The Balaban J connectivity index is 1.86. The molecule has 7 heteroatoms. The first-order valence-corrected chi connectivity index (χ1v) is 6.28. The van der Waals surface area contributed by atoms with Crippen LogP contribution >= 0.6 is 0 Å². The molecule has 0 saturated carbocycles. The molecule has 1 heterocycles. The van der Waals surface area contributed by atoms with Gasteiger partial charge in [0, 0.05) is 5.69 Å². The molecule has 0 aromatic heterocycles. The predicted molar refractivity (Wildman–Crippen MR) is 67.6 cm³/mol. The lowest BCUT2D eigenvalue weighted by molar-refractivity contribution is -0.153. The molecule has 110 valence electrons. The topological polar surface area (TPSA) is 50.4 Å². The monoisotopic (exact) mass is 288 g/mol. The molecule has 1 amide bonds. The molecule has 0 radical (unpaired) electrons. The van der Waals surface area contributed by atoms with Crippen molar-refractivity contribution in [3.05, 3.63) is 24.3 Å². The van der Waals surface area contributed by atoms with Crippen molar-refractivity contribution < 1.29 is 22.7 Å². The maximum absolute atomic E-state index is 12.0. The molecule has 0 unspecified atom stereocenters. The van der Waals surface area contributed by atoms with Gasteiger partial charge in [0.1, 0.15) is 5.75 Å². The lowest BCUT2D eigenvalue weighted by atomic mass is 10.2. The number of rotatable bonds is 4. The van der Waals surface area contributed by atoms with Crippen LogP contribution in [0.3, 0.4) is 0 Å². The van der Waals surface area contributed by atoms with E-state index in [0.717, 1.165) is 19.4 Å². The Labute approximate surface area is 114 Å². The third kappa shape index (κ3) is 4.41. The molecule has 2 N–H and O–H groups in total. The molecule has 1 aromatic carbocycles. The number of nitrogens with one attached hydrogen (secondary N) is 2. The Kier molecular flexibility index (Phi) is 4.49. The van der Waals surface area contributed by atoms with Crippen molar-refractivity contribution in [2.24, 2.45) is 0 Å². The smallest absolute Gasteiger partial charge is 0.422 e. The summed E-state index contributed by atoms with van der Waals surface area (Å²) < 4.78 is 40.5. The van der Waals surface area contributed by atoms with Gasteiger partial charge in [0.25, 0.3) is 0 Å². The second kappa shape index (κ2) is 6.13. The summed E-state index contributed by atoms with van der Waals surface area (Å²) in [7, 11) is 0. The highest BCUT2D eigenvalue weighted by Crippen LogP contribution is 2.20. The Bertz CT molecular complexity index is 454. The van der Waals surface area contributed by atoms with E-state index in [0.29, 0.717) is 5.69 Å². The second-order valence-corrected chi connectivity index (χ2v) is 4.57. The minimum absolute atomic E-state index is 0.110. The van der Waals surface area contributed by atoms with Crippen molar-refractivity contribution in [1.29, 1.82) is 0 Å². The van der Waals surface area contributed by atoms with Gasteiger partial charge >= 0.3 is 6.18 Å². The van der Waals surface area contributed by atoms with E-state index >= 15 is 0 Å². The van der Waals surface area contributed by atoms with Gasteiger partial charge in [0.15, 0.2) is 6.61 Å². The number of carbonyl (C=O) groups excluding carboxylic acids is 1. The van der Waals surface area contributed by atoms with Crippen LogP contribution < -0.4 is 15.4 Å². The fraction of sp³-hybridized carbons (Fsp3) is 0.462. The van der Waals surface area contributed by atoms with E-state index in [1.165, 1.54) is 24.3 Å². The summed E-state index contributed by atoms with van der Waals surface area (Å²) in [5, 5.41) is 5.77. The van der Waals surface area contributed by atoms with Crippen LogP contribution in [-0.4, -0.2) is 31.3 Å². The van der Waals surface area contributed by atoms with Crippen molar-refractivity contribution in [2.45, 2.75) is 25.1 Å². The molecule has 0 bridgehead atoms. The summed E-state index contributed by atoms with van der Waals surface area (Å²) in [4.78, 5) is 11.8. The van der Waals surface area contributed by atoms with E-state index < -0.39 is 12.8 Å². The molecular formula is C13H15F3N2O2. The van der Waals surface area contributed by atoms with Gasteiger partial charge in [-0.3, -0.25) is 4.79 Å². The summed E-state index contributed by atoms with van der Waals surface area (Å²) in [6.45, 7) is -0.507. The number of hydrogen-bond acceptors (Lipinski definition) is 3. The average molecular weight is 288 g/mol. The minimum atomic E-state index is -4.36. The maximum atomic E-state index is 12.0. The van der Waals surface area contributed by atoms with Gasteiger partial charge in [-0.1, -0.05) is 0 Å². The van der Waals surface area contributed by atoms with Gasteiger partial charge in [-0.2, -0.15) is 13.2 Å². The molecule has 1 aromatic rings. The van der Waals surface area contributed by atoms with E-state index in [4.69, 9.17) is 0 Å². The molecule has 0 aliphatic carbocycles. The highest BCUT2D eigenvalue weighted by molar-refractivity contribution is 5.95. The van der Waals surface area contributed by atoms with Gasteiger partial charge in [0.05, 0.1) is 6.04 Å². The van der Waals surface area contributed by atoms with Crippen molar-refractivity contribution >= 4 is 11.6 Å². The number of hydrogen-bond donors (Lipinski definition) is 2. The van der Waals surface area contributed by atoms with Crippen molar-refractivity contribution in [3.8, 4) is 5.75 Å². The Hall–Kier alpha value is -1.76. The quantitative estimate of drug-likeness (QED) is 0.894. The van der Waals surface area contributed by atoms with Crippen LogP contribution in [0.4, 0.5) is 18.9 Å². The largest absolute Gasteiger partial charge is 0.484 e. The summed E-state index contributed by atoms with van der Waals surface area (Å²) in [5.41, 5.74) is 0.531. The molecule has 20 heavy (non-hydrogen) atoms. The molecule has 1 aliphatic rings. The van der Waals surface area contributed by atoms with Crippen molar-refractivity contribution in [2.75, 3.05) is 18.5 Å². The molecule has 0 spiro atoms. The number of ether oxygens (including phenoxy) is 1. The minimum Gasteiger partial charge on any atom is -0.484 e. The molecule has 2 rings (SSSR count). The highest BCUT2D eigenvalue weighted by atomic mass is 19.4. The van der Waals surface area contributed by atoms with Gasteiger partial charge in [-0.15, -0.1) is 0 Å². The first kappa shape index (κ1) is 14.6. The predicted octanol–water partition coefficient (Wildman–Crippen LogP) is 2.32. The number of carbonyl (C=O) groups is 1. The number of benzene rings is 1. The van der Waals surface area contributed by atoms with Crippen LogP contribution in [0.1, 0.15) is 12.8 Å². The summed E-state index contributed by atoms with van der Waals surface area (Å²) in [6, 6.07) is 5.61. The second-order valence-electron chi connectivity index (χ2n) is 4.57. The van der Waals surface area contributed by atoms with Gasteiger partial charge < -0.3 is 15.4 Å². The lowest BCUT2D eigenvalue weighted by Gasteiger charge is -2.12. The van der Waals surface area contributed by atoms with Crippen LogP contribution in [0.15, 0.2) is 24.3 Å². The Morgan fingerprint density at radius 1 is 1.35 bits per heavy atom. The first-order chi connectivity index (χ1) is 9.44. The summed E-state index contributed by atoms with van der Waals surface area (Å²) >= 11 is 0. The fourth-order valence-corrected chi connectivity index (χ4v) is 1.94. The Morgan fingerprint density at radius 3 is 2.60 bits per heavy atom. The zero-order valence-corrected chi connectivity index (χ0v) is 10.7. The standard InChI is InChI=1S/C13H15F3N2O2/c14-13(15,16)8-20-10-5-3-9(4-6-10)18-12(19)11-2-1-7-17-11/h3-6,11,17H,1-2,7-8H2,(H,18,19)/t11-/m1/s1. The lowest BCUT2D eigenvalue weighted by Crippen LogP contribution is -2.35. The zero-order valence-electron chi connectivity index (χ0n) is 10.7. The van der Waals surface area contributed by atoms with E-state index in [1.807, 2.05) is 0 Å². The zero-order chi connectivity index (χ0) is 14.6. The van der Waals surface area contributed by atoms with E-state index in [1.54, 1.807) is 0 Å². The summed E-state index contributed by atoms with van der Waals surface area (Å²) in [6.07, 6.45) is -2.61. The van der Waals surface area contributed by atoms with Crippen LogP contribution in [-0.2, 0) is 4.79 Å². The normalized spacial score (nSPS) is 18.9. The molecule has 1 atom stereocenters. The molecule has 1 saturated heterocycles. The SMILES string of the molecule is O=C(Nc1ccc(OCC(F)(F)F)cc1)[C@H]1CCCN1. The molecule has 4 nitrogen and oxygen atoms in total. The maximum Gasteiger partial charge on any atom is 0.422 e. The van der Waals surface area contributed by atoms with Crippen molar-refractivity contribution in [1.82, 2.24) is 5.32 Å². The molecule has 1 fully saturated rings. The number of anilines is 1.